The highest BCUT2D eigenvalue weighted by Crippen LogP contribution is 1.97. The van der Waals surface area contributed by atoms with Crippen LogP contribution < -0.4 is 5.32 Å². The summed E-state index contributed by atoms with van der Waals surface area (Å²) in [6, 6.07) is 0.257. The fourth-order valence-corrected chi connectivity index (χ4v) is 0.735. The molecule has 0 heterocycles. The summed E-state index contributed by atoms with van der Waals surface area (Å²) in [5.74, 6) is -0.152. The average molecular weight is 145 g/mol. The summed E-state index contributed by atoms with van der Waals surface area (Å²) in [7, 11) is 3.25. The van der Waals surface area contributed by atoms with E-state index in [0.717, 1.165) is 6.42 Å². The lowest BCUT2D eigenvalue weighted by Gasteiger charge is -2.10. The zero-order valence-electron chi connectivity index (χ0n) is 6.81. The molecule has 0 rings (SSSR count). The van der Waals surface area contributed by atoms with E-state index >= 15 is 0 Å². The number of nitrogens with one attached hydrogen (secondary N) is 1. The Labute approximate surface area is 61.8 Å². The van der Waals surface area contributed by atoms with Crippen LogP contribution in [0, 0.1) is 0 Å². The van der Waals surface area contributed by atoms with Crippen molar-refractivity contribution in [2.24, 2.45) is 0 Å². The highest BCUT2D eigenvalue weighted by molar-refractivity contribution is 5.69. The van der Waals surface area contributed by atoms with E-state index in [9.17, 15) is 4.79 Å². The normalized spacial score (nSPS) is 12.7. The lowest BCUT2D eigenvalue weighted by Crippen LogP contribution is -2.27. The highest BCUT2D eigenvalue weighted by Gasteiger charge is 2.08. The number of ether oxygens (including phenoxy) is 1. The molecule has 0 aromatic carbocycles. The van der Waals surface area contributed by atoms with Gasteiger partial charge in [-0.3, -0.25) is 4.79 Å². The molecule has 1 atom stereocenters. The Kier molecular flexibility index (Phi) is 4.94. The van der Waals surface area contributed by atoms with Crippen LogP contribution in [0.1, 0.15) is 19.8 Å². The van der Waals surface area contributed by atoms with Gasteiger partial charge in [-0.2, -0.15) is 0 Å². The molecule has 1 N–H and O–H groups in total. The largest absolute Gasteiger partial charge is 0.469 e. The molecule has 0 radical (unpaired) electrons. The van der Waals surface area contributed by atoms with Crippen molar-refractivity contribution in [1.82, 2.24) is 5.32 Å². The van der Waals surface area contributed by atoms with Crippen molar-refractivity contribution >= 4 is 5.97 Å². The molecule has 0 fully saturated rings. The number of carbonyl (C=O) groups excluding carboxylic acids is 1. The van der Waals surface area contributed by atoms with Crippen LogP contribution in [0.2, 0.25) is 0 Å². The average Bonchev–Trinajstić information content (AvgIpc) is 1.99. The summed E-state index contributed by atoms with van der Waals surface area (Å²) in [6.07, 6.45) is 1.41. The summed E-state index contributed by atoms with van der Waals surface area (Å²) in [6.45, 7) is 2.03. The molecule has 0 aromatic rings. The maximum Gasteiger partial charge on any atom is 0.307 e. The van der Waals surface area contributed by atoms with E-state index in [1.807, 2.05) is 14.0 Å². The second-order valence-corrected chi connectivity index (χ2v) is 2.17. The molecule has 0 aliphatic rings. The predicted octanol–water partition coefficient (Wildman–Crippen LogP) is 0.547. The minimum Gasteiger partial charge on any atom is -0.469 e. The molecule has 3 nitrogen and oxygen atoms in total. The second kappa shape index (κ2) is 5.23. The van der Waals surface area contributed by atoms with Gasteiger partial charge < -0.3 is 10.1 Å². The van der Waals surface area contributed by atoms with Crippen molar-refractivity contribution in [2.45, 2.75) is 25.8 Å². The second-order valence-electron chi connectivity index (χ2n) is 2.17. The van der Waals surface area contributed by atoms with E-state index < -0.39 is 0 Å². The van der Waals surface area contributed by atoms with Crippen molar-refractivity contribution < 1.29 is 9.53 Å². The molecule has 0 spiro atoms. The molecule has 0 aromatic heterocycles. The fourth-order valence-electron chi connectivity index (χ4n) is 0.735. The van der Waals surface area contributed by atoms with E-state index in [2.05, 4.69) is 10.1 Å². The third-order valence-electron chi connectivity index (χ3n) is 1.54. The van der Waals surface area contributed by atoms with Gasteiger partial charge in [-0.05, 0) is 13.5 Å². The Morgan fingerprint density at radius 1 is 1.70 bits per heavy atom. The Hall–Kier alpha value is -0.570. The first-order valence-corrected chi connectivity index (χ1v) is 3.48. The quantitative estimate of drug-likeness (QED) is 0.587. The van der Waals surface area contributed by atoms with Crippen LogP contribution in [0.3, 0.4) is 0 Å². The first-order valence-electron chi connectivity index (χ1n) is 3.48. The van der Waals surface area contributed by atoms with Crippen LogP contribution in [0.4, 0.5) is 0 Å². The fraction of sp³-hybridized carbons (Fsp3) is 0.857. The van der Waals surface area contributed by atoms with Crippen molar-refractivity contribution in [3.05, 3.63) is 0 Å². The topological polar surface area (TPSA) is 38.3 Å². The summed E-state index contributed by atoms with van der Waals surface area (Å²) in [5, 5.41) is 3.02. The number of esters is 1. The Morgan fingerprint density at radius 2 is 2.30 bits per heavy atom. The first kappa shape index (κ1) is 9.43. The summed E-state index contributed by atoms with van der Waals surface area (Å²) in [5.41, 5.74) is 0. The van der Waals surface area contributed by atoms with Gasteiger partial charge in [0.25, 0.3) is 0 Å². The van der Waals surface area contributed by atoms with E-state index in [0.29, 0.717) is 6.42 Å². The van der Waals surface area contributed by atoms with Gasteiger partial charge in [0.2, 0.25) is 0 Å². The molecule has 1 unspecified atom stereocenters. The lowest BCUT2D eigenvalue weighted by atomic mass is 10.1. The molecule has 60 valence electrons. The summed E-state index contributed by atoms with van der Waals surface area (Å²) >= 11 is 0. The minimum absolute atomic E-state index is 0.152. The molecule has 0 bridgehead atoms. The summed E-state index contributed by atoms with van der Waals surface area (Å²) in [4.78, 5) is 10.7. The smallest absolute Gasteiger partial charge is 0.307 e. The van der Waals surface area contributed by atoms with Crippen LogP contribution in [-0.2, 0) is 9.53 Å². The number of hydrogen-bond acceptors (Lipinski definition) is 3. The van der Waals surface area contributed by atoms with Gasteiger partial charge in [-0.15, -0.1) is 0 Å². The molecule has 0 saturated heterocycles. The van der Waals surface area contributed by atoms with Crippen LogP contribution in [0.15, 0.2) is 0 Å². The predicted molar refractivity (Wildman–Crippen MR) is 39.8 cm³/mol. The van der Waals surface area contributed by atoms with Gasteiger partial charge in [0, 0.05) is 6.04 Å². The number of hydrogen-bond donors (Lipinski definition) is 1. The van der Waals surface area contributed by atoms with E-state index in [1.165, 1.54) is 7.11 Å². The maximum atomic E-state index is 10.7. The third-order valence-corrected chi connectivity index (χ3v) is 1.54. The first-order chi connectivity index (χ1) is 4.74. The van der Waals surface area contributed by atoms with E-state index in [1.54, 1.807) is 0 Å². The molecular formula is C7H15NO2. The SMILES string of the molecule is CCC(CC(=O)OC)NC. The van der Waals surface area contributed by atoms with Crippen LogP contribution in [0.5, 0.6) is 0 Å². The summed E-state index contributed by atoms with van der Waals surface area (Å²) < 4.78 is 4.51. The zero-order valence-corrected chi connectivity index (χ0v) is 6.81. The molecular weight excluding hydrogens is 130 g/mol. The van der Waals surface area contributed by atoms with Crippen LogP contribution in [0.25, 0.3) is 0 Å². The van der Waals surface area contributed by atoms with Crippen molar-refractivity contribution in [3.63, 3.8) is 0 Å². The maximum absolute atomic E-state index is 10.7. The number of carbonyl (C=O) groups is 1. The van der Waals surface area contributed by atoms with Crippen molar-refractivity contribution in [3.8, 4) is 0 Å². The van der Waals surface area contributed by atoms with Gasteiger partial charge in [0.15, 0.2) is 0 Å². The molecule has 10 heavy (non-hydrogen) atoms. The van der Waals surface area contributed by atoms with Gasteiger partial charge in [-0.25, -0.2) is 0 Å². The monoisotopic (exact) mass is 145 g/mol. The van der Waals surface area contributed by atoms with E-state index in [-0.39, 0.29) is 12.0 Å². The molecule has 3 heteroatoms. The zero-order chi connectivity index (χ0) is 7.98. The van der Waals surface area contributed by atoms with Crippen molar-refractivity contribution in [2.75, 3.05) is 14.2 Å². The van der Waals surface area contributed by atoms with Gasteiger partial charge in [0.05, 0.1) is 13.5 Å². The standard InChI is InChI=1S/C7H15NO2/c1-4-6(8-2)5-7(9)10-3/h6,8H,4-5H2,1-3H3. The Bertz CT molecular complexity index is 99.8. The van der Waals surface area contributed by atoms with Gasteiger partial charge in [-0.1, -0.05) is 6.92 Å². The Balaban J connectivity index is 3.52. The van der Waals surface area contributed by atoms with Crippen LogP contribution >= 0.6 is 0 Å². The molecule has 0 amide bonds. The molecule has 0 aliphatic carbocycles. The number of rotatable bonds is 4. The minimum atomic E-state index is -0.152. The number of methoxy groups -OCH3 is 1. The Morgan fingerprint density at radius 3 is 2.60 bits per heavy atom. The highest BCUT2D eigenvalue weighted by atomic mass is 16.5. The molecule has 0 saturated carbocycles. The molecule has 0 aliphatic heterocycles. The van der Waals surface area contributed by atoms with Gasteiger partial charge in [0.1, 0.15) is 0 Å². The van der Waals surface area contributed by atoms with E-state index in [4.69, 9.17) is 0 Å². The lowest BCUT2D eigenvalue weighted by molar-refractivity contribution is -0.141. The van der Waals surface area contributed by atoms with Gasteiger partial charge >= 0.3 is 5.97 Å². The van der Waals surface area contributed by atoms with Crippen LogP contribution in [-0.4, -0.2) is 26.2 Å². The third kappa shape index (κ3) is 3.45. The van der Waals surface area contributed by atoms with Crippen molar-refractivity contribution in [1.29, 1.82) is 0 Å².